The Labute approximate surface area is 133 Å². The molecular weight excluding hydrogens is 315 g/mol. The van der Waals surface area contributed by atoms with Crippen LogP contribution in [0, 0.1) is 0 Å². The van der Waals surface area contributed by atoms with Gasteiger partial charge < -0.3 is 10.1 Å². The summed E-state index contributed by atoms with van der Waals surface area (Å²) in [4.78, 5) is 22.0. The maximum Gasteiger partial charge on any atom is 0.410 e. The number of amides is 1. The Hall–Kier alpha value is -1.11. The van der Waals surface area contributed by atoms with E-state index >= 15 is 0 Å². The van der Waals surface area contributed by atoms with Crippen LogP contribution in [-0.2, 0) is 4.74 Å². The van der Waals surface area contributed by atoms with Gasteiger partial charge in [-0.1, -0.05) is 11.6 Å². The zero-order chi connectivity index (χ0) is 15.6. The van der Waals surface area contributed by atoms with Gasteiger partial charge in [-0.2, -0.15) is 0 Å². The minimum atomic E-state index is -0.548. The molecule has 1 saturated heterocycles. The fraction of sp³-hybridized carbons (Fsp3) is 0.615. The molecule has 0 spiro atoms. The third kappa shape index (κ3) is 4.43. The molecule has 0 aliphatic carbocycles. The predicted octanol–water partition coefficient (Wildman–Crippen LogP) is 2.66. The summed E-state index contributed by atoms with van der Waals surface area (Å²) < 4.78 is 5.44. The topological polar surface area (TPSA) is 67.3 Å². The molecule has 21 heavy (non-hydrogen) atoms. The highest BCUT2D eigenvalue weighted by molar-refractivity contribution is 6.31. The summed E-state index contributed by atoms with van der Waals surface area (Å²) in [6, 6.07) is 1.33. The number of halogens is 2. The molecule has 2 rings (SSSR count). The highest BCUT2D eigenvalue weighted by Crippen LogP contribution is 2.25. The van der Waals surface area contributed by atoms with Crippen LogP contribution in [0.25, 0.3) is 0 Å². The average molecular weight is 333 g/mol. The third-order valence-electron chi connectivity index (χ3n) is 2.90. The summed E-state index contributed by atoms with van der Waals surface area (Å²) >= 11 is 11.8. The van der Waals surface area contributed by atoms with Gasteiger partial charge >= 0.3 is 6.09 Å². The fourth-order valence-corrected chi connectivity index (χ4v) is 2.51. The van der Waals surface area contributed by atoms with Crippen LogP contribution in [0.2, 0.25) is 10.4 Å². The van der Waals surface area contributed by atoms with Crippen LogP contribution in [-0.4, -0.2) is 46.2 Å². The zero-order valence-electron chi connectivity index (χ0n) is 12.2. The summed E-state index contributed by atoms with van der Waals surface area (Å²) in [5.74, 6) is 0. The molecule has 0 saturated carbocycles. The molecule has 2 heterocycles. The van der Waals surface area contributed by atoms with Crippen molar-refractivity contribution in [3.05, 3.63) is 22.2 Å². The Balaban J connectivity index is 2.24. The Morgan fingerprint density at radius 1 is 1.43 bits per heavy atom. The Morgan fingerprint density at radius 3 is 2.76 bits per heavy atom. The number of hydrogen-bond donors (Lipinski definition) is 1. The monoisotopic (exact) mass is 332 g/mol. The van der Waals surface area contributed by atoms with Gasteiger partial charge in [0.2, 0.25) is 5.28 Å². The lowest BCUT2D eigenvalue weighted by Crippen LogP contribution is -2.50. The summed E-state index contributed by atoms with van der Waals surface area (Å²) in [7, 11) is 0. The summed E-state index contributed by atoms with van der Waals surface area (Å²) in [6.45, 7) is 7.28. The average Bonchev–Trinajstić information content (AvgIpc) is 2.35. The molecule has 6 nitrogen and oxygen atoms in total. The molecule has 1 aliphatic rings. The van der Waals surface area contributed by atoms with E-state index in [1.807, 2.05) is 20.8 Å². The Morgan fingerprint density at radius 2 is 2.14 bits per heavy atom. The highest BCUT2D eigenvalue weighted by atomic mass is 35.5. The van der Waals surface area contributed by atoms with Crippen molar-refractivity contribution in [3.8, 4) is 0 Å². The molecule has 0 bridgehead atoms. The number of rotatable bonds is 1. The maximum absolute atomic E-state index is 12.3. The second-order valence-electron chi connectivity index (χ2n) is 5.78. The summed E-state index contributed by atoms with van der Waals surface area (Å²) in [5, 5.41) is 3.54. The van der Waals surface area contributed by atoms with Crippen molar-refractivity contribution in [1.82, 2.24) is 20.2 Å². The Bertz CT molecular complexity index is 513. The summed E-state index contributed by atoms with van der Waals surface area (Å²) in [5.41, 5.74) is 0.0473. The molecule has 1 atom stereocenters. The standard InChI is InChI=1S/C13H18Cl2N4O2/c1-13(2,3)21-12(20)19-5-4-16-7-9(19)8-6-10(14)18-11(15)17-8/h6,9,16H,4-5,7H2,1-3H3. The molecule has 0 radical (unpaired) electrons. The number of aromatic nitrogens is 2. The second-order valence-corrected chi connectivity index (χ2v) is 6.50. The third-order valence-corrected chi connectivity index (χ3v) is 3.26. The van der Waals surface area contributed by atoms with Gasteiger partial charge in [0.25, 0.3) is 0 Å². The molecule has 1 amide bonds. The quantitative estimate of drug-likeness (QED) is 0.632. The number of ether oxygens (including phenoxy) is 1. The second kappa shape index (κ2) is 6.34. The van der Waals surface area contributed by atoms with E-state index < -0.39 is 5.60 Å². The minimum Gasteiger partial charge on any atom is -0.444 e. The lowest BCUT2D eigenvalue weighted by molar-refractivity contribution is 0.0113. The first-order chi connectivity index (χ1) is 9.76. The van der Waals surface area contributed by atoms with Gasteiger partial charge in [0, 0.05) is 19.6 Å². The molecule has 8 heteroatoms. The first-order valence-corrected chi connectivity index (χ1v) is 7.42. The molecule has 1 aromatic heterocycles. The molecule has 1 aromatic rings. The molecule has 116 valence electrons. The van der Waals surface area contributed by atoms with Gasteiger partial charge in [0.05, 0.1) is 11.7 Å². The fourth-order valence-electron chi connectivity index (χ4n) is 2.08. The van der Waals surface area contributed by atoms with E-state index in [0.717, 1.165) is 0 Å². The smallest absolute Gasteiger partial charge is 0.410 e. The first kappa shape index (κ1) is 16.3. The number of carbonyl (C=O) groups is 1. The number of nitrogens with one attached hydrogen (secondary N) is 1. The van der Waals surface area contributed by atoms with Crippen LogP contribution >= 0.6 is 23.2 Å². The van der Waals surface area contributed by atoms with Gasteiger partial charge in [-0.15, -0.1) is 0 Å². The molecule has 1 fully saturated rings. The molecule has 1 aliphatic heterocycles. The zero-order valence-corrected chi connectivity index (χ0v) is 13.7. The van der Waals surface area contributed by atoms with Gasteiger partial charge in [-0.05, 0) is 38.4 Å². The lowest BCUT2D eigenvalue weighted by Gasteiger charge is -2.36. The largest absolute Gasteiger partial charge is 0.444 e. The number of carbonyl (C=O) groups excluding carboxylic acids is 1. The lowest BCUT2D eigenvalue weighted by atomic mass is 10.1. The van der Waals surface area contributed by atoms with Gasteiger partial charge in [0.1, 0.15) is 10.8 Å². The van der Waals surface area contributed by atoms with Crippen LogP contribution in [0.15, 0.2) is 6.07 Å². The maximum atomic E-state index is 12.3. The van der Waals surface area contributed by atoms with Crippen LogP contribution in [0.5, 0.6) is 0 Å². The Kier molecular flexibility index (Phi) is 4.91. The molecule has 1 unspecified atom stereocenters. The van der Waals surface area contributed by atoms with Crippen molar-refractivity contribution in [2.75, 3.05) is 19.6 Å². The van der Waals surface area contributed by atoms with E-state index in [1.165, 1.54) is 0 Å². The van der Waals surface area contributed by atoms with Crippen molar-refractivity contribution < 1.29 is 9.53 Å². The van der Waals surface area contributed by atoms with Gasteiger partial charge in [-0.25, -0.2) is 14.8 Å². The van der Waals surface area contributed by atoms with E-state index in [9.17, 15) is 4.79 Å². The van der Waals surface area contributed by atoms with Crippen LogP contribution < -0.4 is 5.32 Å². The highest BCUT2D eigenvalue weighted by Gasteiger charge is 2.32. The SMILES string of the molecule is CC(C)(C)OC(=O)N1CCNCC1c1cc(Cl)nc(Cl)n1. The van der Waals surface area contributed by atoms with Crippen molar-refractivity contribution in [2.24, 2.45) is 0 Å². The van der Waals surface area contributed by atoms with Crippen LogP contribution in [0.3, 0.4) is 0 Å². The van der Waals surface area contributed by atoms with Crippen molar-refractivity contribution in [3.63, 3.8) is 0 Å². The van der Waals surface area contributed by atoms with Crippen LogP contribution in [0.1, 0.15) is 32.5 Å². The normalized spacial score (nSPS) is 19.5. The van der Waals surface area contributed by atoms with E-state index in [1.54, 1.807) is 11.0 Å². The van der Waals surface area contributed by atoms with Gasteiger partial charge in [0.15, 0.2) is 0 Å². The number of hydrogen-bond acceptors (Lipinski definition) is 5. The molecule has 1 N–H and O–H groups in total. The van der Waals surface area contributed by atoms with Gasteiger partial charge in [-0.3, -0.25) is 4.90 Å². The van der Waals surface area contributed by atoms with Crippen molar-refractivity contribution in [1.29, 1.82) is 0 Å². The van der Waals surface area contributed by atoms with Crippen molar-refractivity contribution >= 4 is 29.3 Å². The van der Waals surface area contributed by atoms with E-state index in [-0.39, 0.29) is 22.6 Å². The molecular formula is C13H18Cl2N4O2. The number of piperazine rings is 1. The molecule has 0 aromatic carbocycles. The van der Waals surface area contributed by atoms with E-state index in [4.69, 9.17) is 27.9 Å². The van der Waals surface area contributed by atoms with Crippen molar-refractivity contribution in [2.45, 2.75) is 32.4 Å². The van der Waals surface area contributed by atoms with E-state index in [0.29, 0.717) is 25.3 Å². The minimum absolute atomic E-state index is 0.0622. The summed E-state index contributed by atoms with van der Waals surface area (Å²) in [6.07, 6.45) is -0.375. The first-order valence-electron chi connectivity index (χ1n) is 6.66. The predicted molar refractivity (Wildman–Crippen MR) is 80.6 cm³/mol. The van der Waals surface area contributed by atoms with E-state index in [2.05, 4.69) is 15.3 Å². The van der Waals surface area contributed by atoms with Crippen LogP contribution in [0.4, 0.5) is 4.79 Å². The number of nitrogens with zero attached hydrogens (tertiary/aromatic N) is 3.